The van der Waals surface area contributed by atoms with Gasteiger partial charge < -0.3 is 48.9 Å². The molecule has 4 saturated carbocycles. The Morgan fingerprint density at radius 2 is 1.38 bits per heavy atom. The van der Waals surface area contributed by atoms with Gasteiger partial charge in [-0.25, -0.2) is 0 Å². The minimum absolute atomic E-state index is 0.0273. The van der Waals surface area contributed by atoms with Crippen LogP contribution in [0.5, 0.6) is 6.01 Å². The number of para-hydroxylation sites is 1. The number of carbonyl (C=O) groups is 4. The topological polar surface area (TPSA) is 229 Å². The standard InChI is InChI=1S/C56H73N11O10S/c1-38-11-15-64(16-12-38)54-58-53(61-56-34-39-30-40(35-56)32-41(31-39)36-56)59-55(60-54)77-29-28-76-27-26-75-25-24-74-23-22-73-21-20-72-19-18-67-51-44-8-4-5-9-45(44)66(37-42-6-2-3-7-43(42)50(51)62-63-67)48(69)10-14-57-47(68)13-17-65-49(70)33-46(78)52(65)71/h2-9,33,38-41H,10-32,34-37H2,1H3,(H3,57,58,59,60,61,68,70,78)/p+1. The van der Waals surface area contributed by atoms with Crippen LogP contribution in [-0.2, 0) is 56.0 Å². The number of imide groups is 1. The summed E-state index contributed by atoms with van der Waals surface area (Å²) in [5, 5.41) is 14.5. The molecule has 4 amide bonds. The molecule has 1 saturated heterocycles. The van der Waals surface area contributed by atoms with E-state index in [1.54, 1.807) is 4.90 Å². The number of nitrogens with zero attached hydrogens (tertiary/aromatic N) is 8. The van der Waals surface area contributed by atoms with Crippen molar-refractivity contribution >= 4 is 53.8 Å². The van der Waals surface area contributed by atoms with E-state index in [1.807, 2.05) is 53.2 Å². The first kappa shape index (κ1) is 55.3. The predicted molar refractivity (Wildman–Crippen MR) is 291 cm³/mol. The van der Waals surface area contributed by atoms with Gasteiger partial charge in [0.2, 0.25) is 29.4 Å². The van der Waals surface area contributed by atoms with Crippen molar-refractivity contribution in [2.24, 2.45) is 23.7 Å². The highest BCUT2D eigenvalue weighted by Gasteiger charge is 2.51. The van der Waals surface area contributed by atoms with E-state index in [9.17, 15) is 19.2 Å². The summed E-state index contributed by atoms with van der Waals surface area (Å²) in [6.45, 7) is 9.43. The number of amides is 4. The van der Waals surface area contributed by atoms with E-state index in [4.69, 9.17) is 48.5 Å². The first-order valence-corrected chi connectivity index (χ1v) is 28.3. The number of aromatic nitrogens is 6. The molecule has 0 spiro atoms. The number of aromatic amines is 1. The first-order valence-electron chi connectivity index (χ1n) is 27.9. The third-order valence-electron chi connectivity index (χ3n) is 15.8. The number of piperidine rings is 1. The average molecular weight is 1090 g/mol. The van der Waals surface area contributed by atoms with E-state index in [-0.39, 0.29) is 48.2 Å². The van der Waals surface area contributed by atoms with E-state index in [0.717, 1.165) is 82.7 Å². The SMILES string of the molecule is CC1CCN(c2nc(NC34CC5CC(CC(C5)C3)C4)nc(OCCOCCOCCOCCOCCOCC[n+]3[nH]nc4c3-c3ccccc3N(C(=O)CCNC(=O)CCN3C(=O)C=C(S)C3=O)Cc3ccccc3-4)n2)CC1. The van der Waals surface area contributed by atoms with Crippen LogP contribution >= 0.6 is 12.6 Å². The van der Waals surface area contributed by atoms with Crippen molar-refractivity contribution in [2.45, 2.75) is 89.8 Å². The van der Waals surface area contributed by atoms with Crippen LogP contribution < -0.4 is 29.9 Å². The number of anilines is 3. The van der Waals surface area contributed by atoms with Crippen molar-refractivity contribution in [2.75, 3.05) is 114 Å². The Balaban J connectivity index is 0.595. The van der Waals surface area contributed by atoms with Crippen LogP contribution in [0.3, 0.4) is 0 Å². The number of nitrogens with one attached hydrogen (secondary N) is 3. The molecule has 4 bridgehead atoms. The molecule has 2 aromatic carbocycles. The van der Waals surface area contributed by atoms with Crippen LogP contribution in [-0.4, -0.2) is 158 Å². The Morgan fingerprint density at radius 3 is 2.04 bits per heavy atom. The molecule has 418 valence electrons. The van der Waals surface area contributed by atoms with Crippen molar-refractivity contribution in [3.63, 3.8) is 0 Å². The lowest BCUT2D eigenvalue weighted by Crippen LogP contribution is -2.55. The molecular formula is C56H74N11O10S+. The average Bonchev–Trinajstić information content (AvgIpc) is 4.07. The molecule has 4 aliphatic carbocycles. The highest BCUT2D eigenvalue weighted by molar-refractivity contribution is 7.85. The number of thiol groups is 1. The Bertz CT molecular complexity index is 2730. The number of fused-ring (bicyclic) bond motifs is 5. The summed E-state index contributed by atoms with van der Waals surface area (Å²) < 4.78 is 36.9. The van der Waals surface area contributed by atoms with E-state index in [1.165, 1.54) is 38.5 Å². The van der Waals surface area contributed by atoms with Crippen LogP contribution in [0.25, 0.3) is 22.5 Å². The summed E-state index contributed by atoms with van der Waals surface area (Å²) in [6.07, 6.45) is 11.1. The molecule has 0 radical (unpaired) electrons. The molecule has 2 aromatic heterocycles. The number of hydrogen-bond acceptors (Lipinski definition) is 17. The number of ether oxygens (including phenoxy) is 6. The third-order valence-corrected chi connectivity index (χ3v) is 16.2. The fourth-order valence-corrected chi connectivity index (χ4v) is 12.6. The quantitative estimate of drug-likeness (QED) is 0.0256. The van der Waals surface area contributed by atoms with Crippen molar-refractivity contribution in [1.29, 1.82) is 0 Å². The molecule has 0 unspecified atom stereocenters. The van der Waals surface area contributed by atoms with E-state index in [2.05, 4.69) is 40.3 Å². The van der Waals surface area contributed by atoms with Crippen molar-refractivity contribution in [1.82, 2.24) is 35.5 Å². The number of rotatable bonds is 28. The first-order chi connectivity index (χ1) is 38.1. The van der Waals surface area contributed by atoms with Gasteiger partial charge in [-0.3, -0.25) is 24.1 Å². The van der Waals surface area contributed by atoms with Gasteiger partial charge in [0.1, 0.15) is 13.2 Å². The smallest absolute Gasteiger partial charge is 0.323 e. The Hall–Kier alpha value is -6.04. The lowest BCUT2D eigenvalue weighted by Gasteiger charge is -2.56. The summed E-state index contributed by atoms with van der Waals surface area (Å²) in [5.74, 6) is 2.92. The molecular weight excluding hydrogens is 1020 g/mol. The predicted octanol–water partition coefficient (Wildman–Crippen LogP) is 4.92. The van der Waals surface area contributed by atoms with Crippen molar-refractivity contribution in [3.8, 4) is 28.5 Å². The number of hydrogen-bond donors (Lipinski definition) is 4. The number of carbonyl (C=O) groups excluding carboxylic acids is 4. The van der Waals surface area contributed by atoms with Gasteiger partial charge in [-0.05, 0) is 98.8 Å². The minimum Gasteiger partial charge on any atom is -0.461 e. The lowest BCUT2D eigenvalue weighted by atomic mass is 9.53. The maximum atomic E-state index is 14.0. The highest BCUT2D eigenvalue weighted by Crippen LogP contribution is 2.56. The van der Waals surface area contributed by atoms with Gasteiger partial charge in [0.05, 0.1) is 88.8 Å². The number of H-pyrrole nitrogens is 1. The van der Waals surface area contributed by atoms with E-state index < -0.39 is 11.8 Å². The summed E-state index contributed by atoms with van der Waals surface area (Å²) in [7, 11) is 0. The Labute approximate surface area is 460 Å². The summed E-state index contributed by atoms with van der Waals surface area (Å²) in [5.41, 5.74) is 4.99. The number of benzene rings is 2. The summed E-state index contributed by atoms with van der Waals surface area (Å²) >= 11 is 4.00. The van der Waals surface area contributed by atoms with Gasteiger partial charge in [0, 0.05) is 61.3 Å². The monoisotopic (exact) mass is 1090 g/mol. The summed E-state index contributed by atoms with van der Waals surface area (Å²) in [6, 6.07) is 15.9. The van der Waals surface area contributed by atoms with E-state index >= 15 is 0 Å². The van der Waals surface area contributed by atoms with Crippen LogP contribution in [0.1, 0.15) is 76.7 Å². The molecule has 22 heteroatoms. The van der Waals surface area contributed by atoms with Crippen LogP contribution in [0, 0.1) is 23.7 Å². The second kappa shape index (κ2) is 26.3. The summed E-state index contributed by atoms with van der Waals surface area (Å²) in [4.78, 5) is 70.3. The van der Waals surface area contributed by atoms with Gasteiger partial charge in [0.25, 0.3) is 17.5 Å². The molecule has 11 rings (SSSR count). The van der Waals surface area contributed by atoms with Crippen LogP contribution in [0.2, 0.25) is 0 Å². The Kier molecular flexibility index (Phi) is 18.6. The largest absolute Gasteiger partial charge is 0.461 e. The molecule has 0 atom stereocenters. The van der Waals surface area contributed by atoms with Crippen LogP contribution in [0.4, 0.5) is 17.6 Å². The van der Waals surface area contributed by atoms with Gasteiger partial charge in [0.15, 0.2) is 0 Å². The molecule has 4 aromatic rings. The van der Waals surface area contributed by atoms with Crippen LogP contribution in [0.15, 0.2) is 59.5 Å². The van der Waals surface area contributed by atoms with Gasteiger partial charge in [-0.1, -0.05) is 42.5 Å². The van der Waals surface area contributed by atoms with Gasteiger partial charge in [-0.2, -0.15) is 19.6 Å². The Morgan fingerprint density at radius 1 is 0.769 bits per heavy atom. The van der Waals surface area contributed by atoms with Gasteiger partial charge >= 0.3 is 6.01 Å². The maximum Gasteiger partial charge on any atom is 0.323 e. The molecule has 21 nitrogen and oxygen atoms in total. The molecule has 3 N–H and O–H groups in total. The van der Waals surface area contributed by atoms with E-state index in [0.29, 0.717) is 115 Å². The second-order valence-electron chi connectivity index (χ2n) is 21.5. The van der Waals surface area contributed by atoms with Gasteiger partial charge in [-0.15, -0.1) is 12.6 Å². The third kappa shape index (κ3) is 13.9. The fourth-order valence-electron chi connectivity index (χ4n) is 12.3. The zero-order valence-electron chi connectivity index (χ0n) is 44.7. The zero-order valence-corrected chi connectivity index (χ0v) is 45.6. The molecule has 7 aliphatic rings. The van der Waals surface area contributed by atoms with Crippen molar-refractivity contribution in [3.05, 3.63) is 65.1 Å². The molecule has 78 heavy (non-hydrogen) atoms. The molecule has 3 aliphatic heterocycles. The second-order valence-corrected chi connectivity index (χ2v) is 22.0. The van der Waals surface area contributed by atoms with Crippen molar-refractivity contribution < 1.29 is 52.3 Å². The molecule has 5 fully saturated rings. The fraction of sp³-hybridized carbons (Fsp3) is 0.589. The molecule has 5 heterocycles. The maximum absolute atomic E-state index is 14.0. The zero-order chi connectivity index (χ0) is 53.8. The highest BCUT2D eigenvalue weighted by atomic mass is 32.1. The lowest BCUT2D eigenvalue weighted by molar-refractivity contribution is -0.744. The normalized spacial score (nSPS) is 21.5. The minimum atomic E-state index is -0.530.